The summed E-state index contributed by atoms with van der Waals surface area (Å²) in [5.74, 6) is -0.450. The summed E-state index contributed by atoms with van der Waals surface area (Å²) in [4.78, 5) is 32.0. The quantitative estimate of drug-likeness (QED) is 0.807. The van der Waals surface area contributed by atoms with Gasteiger partial charge in [0.25, 0.3) is 21.8 Å². The van der Waals surface area contributed by atoms with Crippen molar-refractivity contribution in [3.63, 3.8) is 0 Å². The predicted molar refractivity (Wildman–Crippen MR) is 96.1 cm³/mol. The number of rotatable bonds is 3. The SMILES string of the molecule is Cc1ncc(C(=O)NS(=O)(=O)c2cc3c(cc2C)NC(=O)C(C)O3)c(C)n1. The van der Waals surface area contributed by atoms with Gasteiger partial charge in [0, 0.05) is 12.3 Å². The van der Waals surface area contributed by atoms with Crippen LogP contribution in [0.1, 0.15) is 34.4 Å². The third-order valence-electron chi connectivity index (χ3n) is 4.07. The molecule has 2 heterocycles. The number of aromatic nitrogens is 2. The fourth-order valence-electron chi connectivity index (χ4n) is 2.67. The smallest absolute Gasteiger partial charge is 0.268 e. The van der Waals surface area contributed by atoms with Gasteiger partial charge in [-0.05, 0) is 39.3 Å². The second kappa shape index (κ2) is 6.62. The first-order valence-electron chi connectivity index (χ1n) is 8.08. The minimum absolute atomic E-state index is 0.0666. The van der Waals surface area contributed by atoms with Gasteiger partial charge in [0.05, 0.1) is 21.8 Å². The van der Waals surface area contributed by atoms with Crippen molar-refractivity contribution < 1.29 is 22.7 Å². The Kier molecular flexibility index (Phi) is 4.60. The first-order valence-corrected chi connectivity index (χ1v) is 9.56. The van der Waals surface area contributed by atoms with Crippen LogP contribution in [0.5, 0.6) is 5.75 Å². The summed E-state index contributed by atoms with van der Waals surface area (Å²) in [7, 11) is -4.18. The van der Waals surface area contributed by atoms with Crippen LogP contribution >= 0.6 is 0 Å². The molecular formula is C17H18N4O5S. The number of carbonyl (C=O) groups excluding carboxylic acids is 2. The van der Waals surface area contributed by atoms with Crippen LogP contribution in [0.25, 0.3) is 0 Å². The minimum Gasteiger partial charge on any atom is -0.479 e. The first kappa shape index (κ1) is 18.8. The standard InChI is InChI=1S/C17H18N4O5S/c1-8-5-13-14(26-10(3)16(22)20-13)6-15(8)27(24,25)21-17(23)12-7-18-11(4)19-9(12)2/h5-7,10H,1-4H3,(H,20,22)(H,21,23). The molecule has 1 aromatic carbocycles. The molecule has 2 aromatic rings. The van der Waals surface area contributed by atoms with Crippen molar-refractivity contribution in [2.75, 3.05) is 5.32 Å². The van der Waals surface area contributed by atoms with Crippen LogP contribution in [-0.2, 0) is 14.8 Å². The van der Waals surface area contributed by atoms with Crippen LogP contribution in [0, 0.1) is 20.8 Å². The Balaban J connectivity index is 1.94. The maximum atomic E-state index is 12.7. The van der Waals surface area contributed by atoms with Crippen LogP contribution in [0.4, 0.5) is 5.69 Å². The highest BCUT2D eigenvalue weighted by atomic mass is 32.2. The number of nitrogens with one attached hydrogen (secondary N) is 2. The molecule has 3 rings (SSSR count). The molecule has 1 aliphatic rings. The van der Waals surface area contributed by atoms with Crippen molar-refractivity contribution in [2.24, 2.45) is 0 Å². The van der Waals surface area contributed by atoms with E-state index in [0.29, 0.717) is 22.8 Å². The molecule has 0 aliphatic carbocycles. The van der Waals surface area contributed by atoms with Gasteiger partial charge >= 0.3 is 0 Å². The Morgan fingerprint density at radius 3 is 2.63 bits per heavy atom. The van der Waals surface area contributed by atoms with Gasteiger partial charge in [-0.15, -0.1) is 0 Å². The Labute approximate surface area is 156 Å². The lowest BCUT2D eigenvalue weighted by Gasteiger charge is -2.24. The van der Waals surface area contributed by atoms with Crippen molar-refractivity contribution in [2.45, 2.75) is 38.7 Å². The second-order valence-corrected chi connectivity index (χ2v) is 7.86. The van der Waals surface area contributed by atoms with Gasteiger partial charge in [0.1, 0.15) is 11.6 Å². The Morgan fingerprint density at radius 1 is 1.26 bits per heavy atom. The fourth-order valence-corrected chi connectivity index (χ4v) is 3.88. The van der Waals surface area contributed by atoms with Gasteiger partial charge in [-0.1, -0.05) is 0 Å². The summed E-state index contributed by atoms with van der Waals surface area (Å²) >= 11 is 0. The Bertz CT molecular complexity index is 1070. The van der Waals surface area contributed by atoms with E-state index < -0.39 is 22.0 Å². The number of nitrogens with zero attached hydrogens (tertiary/aromatic N) is 2. The lowest BCUT2D eigenvalue weighted by Crippen LogP contribution is -2.35. The molecule has 0 saturated carbocycles. The summed E-state index contributed by atoms with van der Waals surface area (Å²) in [6.45, 7) is 6.37. The summed E-state index contributed by atoms with van der Waals surface area (Å²) in [6.07, 6.45) is 0.528. The summed E-state index contributed by atoms with van der Waals surface area (Å²) in [5, 5.41) is 2.65. The number of hydrogen-bond acceptors (Lipinski definition) is 7. The average molecular weight is 390 g/mol. The lowest BCUT2D eigenvalue weighted by molar-refractivity contribution is -0.122. The van der Waals surface area contributed by atoms with Crippen molar-refractivity contribution in [3.05, 3.63) is 41.0 Å². The van der Waals surface area contributed by atoms with Gasteiger partial charge in [0.15, 0.2) is 6.10 Å². The van der Waals surface area contributed by atoms with Crippen LogP contribution in [0.2, 0.25) is 0 Å². The highest BCUT2D eigenvalue weighted by Gasteiger charge is 2.28. The van der Waals surface area contributed by atoms with Crippen LogP contribution < -0.4 is 14.8 Å². The zero-order valence-electron chi connectivity index (χ0n) is 15.2. The third-order valence-corrected chi connectivity index (χ3v) is 5.54. The van der Waals surface area contributed by atoms with Crippen molar-refractivity contribution in [1.82, 2.24) is 14.7 Å². The normalized spacial score (nSPS) is 16.1. The van der Waals surface area contributed by atoms with E-state index in [9.17, 15) is 18.0 Å². The van der Waals surface area contributed by atoms with Gasteiger partial charge < -0.3 is 10.1 Å². The zero-order valence-corrected chi connectivity index (χ0v) is 16.0. The Morgan fingerprint density at radius 2 is 1.96 bits per heavy atom. The molecule has 0 fully saturated rings. The van der Waals surface area contributed by atoms with Gasteiger partial charge in [-0.25, -0.2) is 23.1 Å². The van der Waals surface area contributed by atoms with Crippen molar-refractivity contribution >= 4 is 27.5 Å². The van der Waals surface area contributed by atoms with Gasteiger partial charge in [0.2, 0.25) is 0 Å². The number of fused-ring (bicyclic) bond motifs is 1. The maximum absolute atomic E-state index is 12.7. The number of sulfonamides is 1. The molecule has 27 heavy (non-hydrogen) atoms. The molecule has 0 saturated heterocycles. The monoisotopic (exact) mass is 390 g/mol. The molecule has 9 nitrogen and oxygen atoms in total. The van der Waals surface area contributed by atoms with E-state index in [-0.39, 0.29) is 22.1 Å². The topological polar surface area (TPSA) is 127 Å². The number of amides is 2. The molecule has 0 bridgehead atoms. The molecule has 10 heteroatoms. The largest absolute Gasteiger partial charge is 0.479 e. The first-order chi connectivity index (χ1) is 12.6. The zero-order chi connectivity index (χ0) is 19.9. The number of anilines is 1. The summed E-state index contributed by atoms with van der Waals surface area (Å²) in [6, 6.07) is 2.77. The van der Waals surface area contributed by atoms with E-state index in [1.165, 1.54) is 18.3 Å². The van der Waals surface area contributed by atoms with Gasteiger partial charge in [-0.3, -0.25) is 9.59 Å². The molecule has 142 valence electrons. The lowest BCUT2D eigenvalue weighted by atomic mass is 10.1. The van der Waals surface area contributed by atoms with Crippen molar-refractivity contribution in [3.8, 4) is 5.75 Å². The summed E-state index contributed by atoms with van der Waals surface area (Å²) < 4.78 is 32.9. The van der Waals surface area contributed by atoms with Crippen molar-refractivity contribution in [1.29, 1.82) is 0 Å². The van der Waals surface area contributed by atoms with Gasteiger partial charge in [-0.2, -0.15) is 0 Å². The predicted octanol–water partition coefficient (Wildman–Crippen LogP) is 1.24. The molecule has 1 aliphatic heterocycles. The van der Waals surface area contributed by atoms with Crippen LogP contribution in [0.3, 0.4) is 0 Å². The van der Waals surface area contributed by atoms with E-state index in [1.54, 1.807) is 27.7 Å². The number of benzene rings is 1. The number of carbonyl (C=O) groups is 2. The Hall–Kier alpha value is -3.01. The highest BCUT2D eigenvalue weighted by Crippen LogP contribution is 2.34. The molecule has 1 unspecified atom stereocenters. The molecule has 1 aromatic heterocycles. The van der Waals surface area contributed by atoms with E-state index in [2.05, 4.69) is 15.3 Å². The van der Waals surface area contributed by atoms with E-state index in [0.717, 1.165) is 0 Å². The molecular weight excluding hydrogens is 372 g/mol. The average Bonchev–Trinajstić information content (AvgIpc) is 2.55. The molecule has 1 atom stereocenters. The van der Waals surface area contributed by atoms with Crippen LogP contribution in [-0.4, -0.2) is 36.3 Å². The fraction of sp³-hybridized carbons (Fsp3) is 0.294. The minimum atomic E-state index is -4.18. The maximum Gasteiger partial charge on any atom is 0.268 e. The molecule has 2 N–H and O–H groups in total. The molecule has 0 spiro atoms. The van der Waals surface area contributed by atoms with Crippen LogP contribution in [0.15, 0.2) is 23.2 Å². The number of hydrogen-bond donors (Lipinski definition) is 2. The number of aryl methyl sites for hydroxylation is 3. The second-order valence-electron chi connectivity index (χ2n) is 6.21. The third kappa shape index (κ3) is 3.61. The summed E-state index contributed by atoms with van der Waals surface area (Å²) in [5.41, 5.74) is 1.17. The molecule has 2 amide bonds. The number of ether oxygens (including phenoxy) is 1. The van der Waals surface area contributed by atoms with E-state index in [1.807, 2.05) is 4.72 Å². The molecule has 0 radical (unpaired) electrons. The highest BCUT2D eigenvalue weighted by molar-refractivity contribution is 7.90. The van der Waals surface area contributed by atoms with E-state index in [4.69, 9.17) is 4.74 Å². The van der Waals surface area contributed by atoms with E-state index >= 15 is 0 Å².